The third-order valence-electron chi connectivity index (χ3n) is 4.22. The molecule has 8 heteroatoms. The van der Waals surface area contributed by atoms with E-state index in [9.17, 15) is 4.79 Å². The highest BCUT2D eigenvalue weighted by Gasteiger charge is 2.24. The number of carbonyl (C=O) groups excluding carboxylic acids is 1. The third-order valence-corrected chi connectivity index (χ3v) is 4.22. The molecule has 1 aromatic rings. The Morgan fingerprint density at radius 3 is 2.37 bits per heavy atom. The molecule has 0 radical (unpaired) electrons. The summed E-state index contributed by atoms with van der Waals surface area (Å²) in [6.07, 6.45) is 3.27. The second kappa shape index (κ2) is 13.0. The summed E-state index contributed by atoms with van der Waals surface area (Å²) in [6.45, 7) is 17.7. The lowest BCUT2D eigenvalue weighted by Gasteiger charge is -2.28. The number of nitrogens with zero attached hydrogens (tertiary/aromatic N) is 2. The van der Waals surface area contributed by atoms with Crippen LogP contribution in [0.1, 0.15) is 66.9 Å². The van der Waals surface area contributed by atoms with Crippen LogP contribution < -0.4 is 16.0 Å². The zero-order valence-electron chi connectivity index (χ0n) is 19.7. The summed E-state index contributed by atoms with van der Waals surface area (Å²) in [6, 6.07) is 4.08. The molecule has 0 spiro atoms. The lowest BCUT2D eigenvalue weighted by Crippen LogP contribution is -2.49. The fourth-order valence-corrected chi connectivity index (χ4v) is 2.78. The van der Waals surface area contributed by atoms with Gasteiger partial charge in [0.25, 0.3) is 0 Å². The number of rotatable bonds is 8. The first-order valence-electron chi connectivity index (χ1n) is 10.4. The number of pyridine rings is 1. The highest BCUT2D eigenvalue weighted by Crippen LogP contribution is 2.22. The van der Waals surface area contributed by atoms with Crippen LogP contribution in [0.4, 0.5) is 4.79 Å². The number of nitrogens with one attached hydrogen (secondary N) is 3. The predicted molar refractivity (Wildman–Crippen MR) is 135 cm³/mol. The van der Waals surface area contributed by atoms with Crippen molar-refractivity contribution in [2.24, 2.45) is 10.9 Å². The molecule has 30 heavy (non-hydrogen) atoms. The van der Waals surface area contributed by atoms with Gasteiger partial charge in [-0.2, -0.15) is 0 Å². The molecular formula is C22H40IN5O2. The quantitative estimate of drug-likeness (QED) is 0.264. The average Bonchev–Trinajstić information content (AvgIpc) is 2.58. The lowest BCUT2D eigenvalue weighted by molar-refractivity contribution is 0.0476. The Hall–Kier alpha value is -1.58. The van der Waals surface area contributed by atoms with Crippen LogP contribution >= 0.6 is 24.0 Å². The number of carbonyl (C=O) groups is 1. The Labute approximate surface area is 199 Å². The zero-order valence-corrected chi connectivity index (χ0v) is 22.0. The Bertz CT molecular complexity index is 657. The van der Waals surface area contributed by atoms with Crippen molar-refractivity contribution in [2.45, 2.75) is 72.4 Å². The van der Waals surface area contributed by atoms with E-state index in [0.717, 1.165) is 19.0 Å². The van der Waals surface area contributed by atoms with Crippen molar-refractivity contribution >= 4 is 36.0 Å². The summed E-state index contributed by atoms with van der Waals surface area (Å²) in [5.74, 6) is 1.50. The van der Waals surface area contributed by atoms with Crippen LogP contribution in [-0.2, 0) is 4.74 Å². The van der Waals surface area contributed by atoms with E-state index in [1.807, 2.05) is 53.8 Å². The molecule has 7 nitrogen and oxygen atoms in total. The molecule has 0 aliphatic carbocycles. The van der Waals surface area contributed by atoms with Crippen molar-refractivity contribution in [3.63, 3.8) is 0 Å². The number of alkyl carbamates (subject to hydrolysis) is 1. The number of amides is 1. The smallest absolute Gasteiger partial charge is 0.408 e. The maximum Gasteiger partial charge on any atom is 0.408 e. The van der Waals surface area contributed by atoms with Crippen molar-refractivity contribution in [1.82, 2.24) is 20.9 Å². The number of aliphatic imine (C=N–C) groups is 1. The van der Waals surface area contributed by atoms with Crippen molar-refractivity contribution in [3.8, 4) is 0 Å². The minimum absolute atomic E-state index is 0. The molecule has 3 N–H and O–H groups in total. The molecule has 0 aliphatic heterocycles. The van der Waals surface area contributed by atoms with Crippen molar-refractivity contribution in [2.75, 3.05) is 19.6 Å². The SMILES string of the molecule is CCNC(=NCC(C)(C)NC(=O)OC(C)(C)C)NCC(c1cccnc1)C(C)C.I. The largest absolute Gasteiger partial charge is 0.444 e. The number of hydrogen-bond donors (Lipinski definition) is 3. The minimum atomic E-state index is -0.536. The van der Waals surface area contributed by atoms with E-state index in [1.54, 1.807) is 6.20 Å². The first-order chi connectivity index (χ1) is 13.4. The van der Waals surface area contributed by atoms with Crippen molar-refractivity contribution in [1.29, 1.82) is 0 Å². The summed E-state index contributed by atoms with van der Waals surface area (Å²) >= 11 is 0. The van der Waals surface area contributed by atoms with Gasteiger partial charge in [0, 0.05) is 31.4 Å². The van der Waals surface area contributed by atoms with E-state index in [2.05, 4.69) is 45.8 Å². The molecular weight excluding hydrogens is 493 g/mol. The standard InChI is InChI=1S/C22H39N5O2.HI/c1-9-24-19(25-14-18(16(2)3)17-11-10-12-23-13-17)26-15-22(7,8)27-20(28)29-21(4,5)6;/h10-13,16,18H,9,14-15H2,1-8H3,(H,27,28)(H2,24,25,26);1H. The van der Waals surface area contributed by atoms with Gasteiger partial charge >= 0.3 is 6.09 Å². The summed E-state index contributed by atoms with van der Waals surface area (Å²) in [4.78, 5) is 21.0. The Morgan fingerprint density at radius 2 is 1.87 bits per heavy atom. The normalized spacial score (nSPS) is 13.3. The van der Waals surface area contributed by atoms with Crippen molar-refractivity contribution in [3.05, 3.63) is 30.1 Å². The van der Waals surface area contributed by atoms with Crippen LogP contribution in [0.2, 0.25) is 0 Å². The highest BCUT2D eigenvalue weighted by atomic mass is 127. The molecule has 0 aliphatic rings. The maximum absolute atomic E-state index is 12.1. The molecule has 1 rings (SSSR count). The van der Waals surface area contributed by atoms with Gasteiger partial charge in [0.1, 0.15) is 5.60 Å². The number of halogens is 1. The third kappa shape index (κ3) is 11.6. The molecule has 0 bridgehead atoms. The predicted octanol–water partition coefficient (Wildman–Crippen LogP) is 4.30. The molecule has 172 valence electrons. The second-order valence-corrected chi connectivity index (χ2v) is 9.22. The Kier molecular flexibility index (Phi) is 12.3. The average molecular weight is 533 g/mol. The van der Waals surface area contributed by atoms with Crippen molar-refractivity contribution < 1.29 is 9.53 Å². The summed E-state index contributed by atoms with van der Waals surface area (Å²) in [5, 5.41) is 9.59. The summed E-state index contributed by atoms with van der Waals surface area (Å²) < 4.78 is 5.35. The molecule has 1 aromatic heterocycles. The van der Waals surface area contributed by atoms with Gasteiger partial charge in [-0.15, -0.1) is 24.0 Å². The van der Waals surface area contributed by atoms with Gasteiger partial charge in [-0.05, 0) is 59.1 Å². The Morgan fingerprint density at radius 1 is 1.20 bits per heavy atom. The molecule has 1 heterocycles. The zero-order chi connectivity index (χ0) is 22.1. The fraction of sp³-hybridized carbons (Fsp3) is 0.682. The van der Waals surface area contributed by atoms with E-state index < -0.39 is 17.2 Å². The van der Waals surface area contributed by atoms with Crippen LogP contribution in [0.15, 0.2) is 29.5 Å². The monoisotopic (exact) mass is 533 g/mol. The van der Waals surface area contributed by atoms with E-state index in [-0.39, 0.29) is 24.0 Å². The molecule has 0 saturated heterocycles. The van der Waals surface area contributed by atoms with Gasteiger partial charge in [0.15, 0.2) is 5.96 Å². The second-order valence-electron chi connectivity index (χ2n) is 9.22. The Balaban J connectivity index is 0.00000841. The lowest BCUT2D eigenvalue weighted by atomic mass is 9.89. The molecule has 1 unspecified atom stereocenters. The number of ether oxygens (including phenoxy) is 1. The molecule has 0 fully saturated rings. The van der Waals surface area contributed by atoms with Gasteiger partial charge < -0.3 is 20.7 Å². The number of aromatic nitrogens is 1. The minimum Gasteiger partial charge on any atom is -0.444 e. The molecule has 0 aromatic carbocycles. The fourth-order valence-electron chi connectivity index (χ4n) is 2.78. The van der Waals surface area contributed by atoms with Crippen LogP contribution in [0, 0.1) is 5.92 Å². The number of hydrogen-bond acceptors (Lipinski definition) is 4. The van der Waals surface area contributed by atoms with Gasteiger partial charge in [-0.25, -0.2) is 4.79 Å². The highest BCUT2D eigenvalue weighted by molar-refractivity contribution is 14.0. The maximum atomic E-state index is 12.1. The molecule has 1 amide bonds. The summed E-state index contributed by atoms with van der Waals surface area (Å²) in [5.41, 5.74) is 0.140. The van der Waals surface area contributed by atoms with E-state index in [4.69, 9.17) is 4.74 Å². The van der Waals surface area contributed by atoms with E-state index in [0.29, 0.717) is 18.4 Å². The van der Waals surface area contributed by atoms with Crippen LogP contribution in [0.25, 0.3) is 0 Å². The number of guanidine groups is 1. The van der Waals surface area contributed by atoms with Crippen LogP contribution in [0.5, 0.6) is 0 Å². The first kappa shape index (κ1) is 28.4. The van der Waals surface area contributed by atoms with Gasteiger partial charge in [-0.1, -0.05) is 19.9 Å². The molecule has 0 saturated carbocycles. The van der Waals surface area contributed by atoms with E-state index in [1.165, 1.54) is 5.56 Å². The van der Waals surface area contributed by atoms with Crippen LogP contribution in [0.3, 0.4) is 0 Å². The first-order valence-corrected chi connectivity index (χ1v) is 10.4. The van der Waals surface area contributed by atoms with Gasteiger partial charge in [-0.3, -0.25) is 9.98 Å². The van der Waals surface area contributed by atoms with Crippen LogP contribution in [-0.4, -0.2) is 47.8 Å². The van der Waals surface area contributed by atoms with E-state index >= 15 is 0 Å². The van der Waals surface area contributed by atoms with Gasteiger partial charge in [0.2, 0.25) is 0 Å². The van der Waals surface area contributed by atoms with Gasteiger partial charge in [0.05, 0.1) is 12.1 Å². The molecule has 1 atom stereocenters. The summed E-state index contributed by atoms with van der Waals surface area (Å²) in [7, 11) is 0. The topological polar surface area (TPSA) is 87.6 Å².